The third-order valence-corrected chi connectivity index (χ3v) is 6.43. The molecular weight excluding hydrogens is 472 g/mol. The van der Waals surface area contributed by atoms with E-state index in [-0.39, 0.29) is 0 Å². The Kier molecular flexibility index (Phi) is 7.98. The number of aliphatic carboxylic acids is 1. The zero-order valence-corrected chi connectivity index (χ0v) is 20.0. The summed E-state index contributed by atoms with van der Waals surface area (Å²) in [4.78, 5) is 12.2. The fourth-order valence-corrected chi connectivity index (χ4v) is 4.22. The normalized spacial score (nSPS) is 13.5. The first-order valence-electron chi connectivity index (χ1n) is 10.3. The number of rotatable bonds is 10. The lowest BCUT2D eigenvalue weighted by molar-refractivity contribution is -0.139. The van der Waals surface area contributed by atoms with Crippen LogP contribution in [0.1, 0.15) is 42.9 Å². The van der Waals surface area contributed by atoms with Gasteiger partial charge in [0.2, 0.25) is 0 Å². The number of unbranched alkanes of at least 4 members (excludes halogenated alkanes) is 1. The van der Waals surface area contributed by atoms with Crippen molar-refractivity contribution in [2.45, 2.75) is 41.0 Å². The molecule has 0 spiro atoms. The van der Waals surface area contributed by atoms with E-state index in [1.54, 1.807) is 6.92 Å². The Bertz CT molecular complexity index is 950. The molecule has 0 saturated carbocycles. The lowest BCUT2D eigenvalue weighted by Gasteiger charge is -2.36. The molecule has 3 rings (SSSR count). The molecule has 0 radical (unpaired) electrons. The van der Waals surface area contributed by atoms with Gasteiger partial charge in [-0.2, -0.15) is 0 Å². The average Bonchev–Trinajstić information content (AvgIpc) is 2.77. The fourth-order valence-electron chi connectivity index (χ4n) is 3.71. The van der Waals surface area contributed by atoms with Gasteiger partial charge in [-0.05, 0) is 55.0 Å². The Balaban J connectivity index is 1.95. The van der Waals surface area contributed by atoms with Gasteiger partial charge in [0.05, 0.1) is 0 Å². The van der Waals surface area contributed by atoms with E-state index in [1.165, 1.54) is 0 Å². The van der Waals surface area contributed by atoms with Crippen LogP contribution in [0, 0.1) is 0 Å². The van der Waals surface area contributed by atoms with Gasteiger partial charge in [-0.15, -0.1) is 12.6 Å². The van der Waals surface area contributed by atoms with Crippen molar-refractivity contribution in [1.82, 2.24) is 0 Å². The molecule has 0 heterocycles. The van der Waals surface area contributed by atoms with Gasteiger partial charge in [0.15, 0.2) is 0 Å². The molecule has 0 aliphatic carbocycles. The summed E-state index contributed by atoms with van der Waals surface area (Å²) in [5.41, 5.74) is 2.30. The van der Waals surface area contributed by atoms with Gasteiger partial charge >= 0.3 is 5.97 Å². The maximum atomic E-state index is 11.3. The SMILES string of the molecule is CC(Br)(CCCCOC(c1ccccc1)(c1ccccc1)c1cccc(S)c1)C(=O)O. The molecular formula is C26H27BrO3S. The highest BCUT2D eigenvalue weighted by molar-refractivity contribution is 9.10. The second kappa shape index (κ2) is 10.5. The molecule has 1 unspecified atom stereocenters. The molecule has 1 N–H and O–H groups in total. The van der Waals surface area contributed by atoms with Crippen molar-refractivity contribution in [3.8, 4) is 0 Å². The minimum Gasteiger partial charge on any atom is -0.480 e. The summed E-state index contributed by atoms with van der Waals surface area (Å²) in [5.74, 6) is -0.845. The van der Waals surface area contributed by atoms with Crippen molar-refractivity contribution in [2.24, 2.45) is 0 Å². The van der Waals surface area contributed by atoms with Crippen LogP contribution in [0.3, 0.4) is 0 Å². The summed E-state index contributed by atoms with van der Waals surface area (Å²) in [5, 5.41) is 9.31. The highest BCUT2D eigenvalue weighted by Gasteiger charge is 2.37. The van der Waals surface area contributed by atoms with E-state index < -0.39 is 15.9 Å². The van der Waals surface area contributed by atoms with Crippen LogP contribution in [0.15, 0.2) is 89.8 Å². The van der Waals surface area contributed by atoms with Gasteiger partial charge in [0.25, 0.3) is 0 Å². The number of halogens is 1. The first-order valence-corrected chi connectivity index (χ1v) is 11.6. The summed E-state index contributed by atoms with van der Waals surface area (Å²) >= 11 is 7.88. The molecule has 0 amide bonds. The van der Waals surface area contributed by atoms with E-state index in [0.717, 1.165) is 34.4 Å². The van der Waals surface area contributed by atoms with E-state index in [0.29, 0.717) is 13.0 Å². The summed E-state index contributed by atoms with van der Waals surface area (Å²) in [6, 6.07) is 28.5. The quantitative estimate of drug-likeness (QED) is 0.141. The van der Waals surface area contributed by atoms with E-state index in [2.05, 4.69) is 58.9 Å². The van der Waals surface area contributed by atoms with Gasteiger partial charge in [-0.3, -0.25) is 4.79 Å². The Morgan fingerprint density at radius 1 is 0.903 bits per heavy atom. The van der Waals surface area contributed by atoms with Crippen LogP contribution in [0.2, 0.25) is 0 Å². The van der Waals surface area contributed by atoms with Gasteiger partial charge in [-0.25, -0.2) is 0 Å². The molecule has 0 fully saturated rings. The molecule has 0 saturated heterocycles. The zero-order chi connectivity index (χ0) is 22.3. The van der Waals surface area contributed by atoms with Crippen LogP contribution in [-0.4, -0.2) is 22.0 Å². The predicted octanol–water partition coefficient (Wildman–Crippen LogP) is 6.69. The second-order valence-electron chi connectivity index (χ2n) is 7.77. The number of carboxylic acid groups (broad SMARTS) is 1. The summed E-state index contributed by atoms with van der Waals surface area (Å²) in [6.07, 6.45) is 2.01. The topological polar surface area (TPSA) is 46.5 Å². The standard InChI is InChI=1S/C26H27BrO3S/c1-25(27,24(28)29)17-8-9-18-30-26(20-11-4-2-5-12-20,21-13-6-3-7-14-21)22-15-10-16-23(31)19-22/h2-7,10-16,19,31H,8-9,17-18H2,1H3,(H,28,29). The third-order valence-electron chi connectivity index (χ3n) is 5.42. The number of hydrogen-bond acceptors (Lipinski definition) is 3. The van der Waals surface area contributed by atoms with Gasteiger partial charge < -0.3 is 9.84 Å². The molecule has 0 aromatic heterocycles. The average molecular weight is 499 g/mol. The van der Waals surface area contributed by atoms with Crippen molar-refractivity contribution in [2.75, 3.05) is 6.61 Å². The first-order chi connectivity index (χ1) is 14.9. The van der Waals surface area contributed by atoms with Crippen LogP contribution in [0.4, 0.5) is 0 Å². The number of alkyl halides is 1. The van der Waals surface area contributed by atoms with Gasteiger partial charge in [-0.1, -0.05) is 88.7 Å². The molecule has 31 heavy (non-hydrogen) atoms. The minimum atomic E-state index is -0.913. The lowest BCUT2D eigenvalue weighted by atomic mass is 9.80. The van der Waals surface area contributed by atoms with Crippen molar-refractivity contribution < 1.29 is 14.6 Å². The van der Waals surface area contributed by atoms with E-state index in [4.69, 9.17) is 4.74 Å². The molecule has 3 nitrogen and oxygen atoms in total. The van der Waals surface area contributed by atoms with Crippen molar-refractivity contribution in [1.29, 1.82) is 0 Å². The Morgan fingerprint density at radius 2 is 1.45 bits per heavy atom. The smallest absolute Gasteiger partial charge is 0.320 e. The lowest BCUT2D eigenvalue weighted by Crippen LogP contribution is -2.33. The van der Waals surface area contributed by atoms with E-state index in [1.807, 2.05) is 54.6 Å². The Labute approximate surface area is 198 Å². The van der Waals surface area contributed by atoms with Gasteiger partial charge in [0.1, 0.15) is 9.93 Å². The molecule has 1 atom stereocenters. The highest BCUT2D eigenvalue weighted by atomic mass is 79.9. The molecule has 0 aliphatic heterocycles. The molecule has 5 heteroatoms. The van der Waals surface area contributed by atoms with Crippen molar-refractivity contribution in [3.05, 3.63) is 102 Å². The molecule has 0 aliphatic rings. The monoisotopic (exact) mass is 498 g/mol. The predicted molar refractivity (Wildman–Crippen MR) is 131 cm³/mol. The van der Waals surface area contributed by atoms with Crippen LogP contribution >= 0.6 is 28.6 Å². The molecule has 0 bridgehead atoms. The van der Waals surface area contributed by atoms with Crippen LogP contribution in [0.25, 0.3) is 0 Å². The molecule has 162 valence electrons. The number of thiol groups is 1. The number of ether oxygens (including phenoxy) is 1. The van der Waals surface area contributed by atoms with Crippen LogP contribution in [-0.2, 0) is 15.1 Å². The highest BCUT2D eigenvalue weighted by Crippen LogP contribution is 2.41. The summed E-state index contributed by atoms with van der Waals surface area (Å²) < 4.78 is 5.81. The minimum absolute atomic E-state index is 0.489. The van der Waals surface area contributed by atoms with Gasteiger partial charge in [0, 0.05) is 11.5 Å². The first kappa shape index (κ1) is 23.6. The molecule has 3 aromatic carbocycles. The zero-order valence-electron chi connectivity index (χ0n) is 17.5. The number of carboxylic acids is 1. The Morgan fingerprint density at radius 3 is 1.97 bits per heavy atom. The fraction of sp³-hybridized carbons (Fsp3) is 0.269. The van der Waals surface area contributed by atoms with E-state index >= 15 is 0 Å². The van der Waals surface area contributed by atoms with Crippen molar-refractivity contribution in [3.63, 3.8) is 0 Å². The third kappa shape index (κ3) is 5.59. The molecule has 3 aromatic rings. The maximum Gasteiger partial charge on any atom is 0.320 e. The van der Waals surface area contributed by atoms with Crippen molar-refractivity contribution >= 4 is 34.5 Å². The Hall–Kier alpha value is -2.08. The number of carbonyl (C=O) groups is 1. The second-order valence-corrected chi connectivity index (χ2v) is 10.0. The van der Waals surface area contributed by atoms with Crippen LogP contribution < -0.4 is 0 Å². The summed E-state index contributed by atoms with van der Waals surface area (Å²) in [6.45, 7) is 2.18. The summed E-state index contributed by atoms with van der Waals surface area (Å²) in [7, 11) is 0. The number of benzene rings is 3. The van der Waals surface area contributed by atoms with E-state index in [9.17, 15) is 9.90 Å². The number of hydrogen-bond donors (Lipinski definition) is 2. The van der Waals surface area contributed by atoms with Crippen LogP contribution in [0.5, 0.6) is 0 Å². The maximum absolute atomic E-state index is 11.3. The largest absolute Gasteiger partial charge is 0.480 e.